The lowest BCUT2D eigenvalue weighted by Crippen LogP contribution is -2.19. The summed E-state index contributed by atoms with van der Waals surface area (Å²) < 4.78 is 14.6. The average Bonchev–Trinajstić information content (AvgIpc) is 2.54. The van der Waals surface area contributed by atoms with E-state index in [9.17, 15) is 4.39 Å². The molecule has 0 spiro atoms. The maximum Gasteiger partial charge on any atom is 0.147 e. The fourth-order valence-electron chi connectivity index (χ4n) is 1.94. The summed E-state index contributed by atoms with van der Waals surface area (Å²) in [4.78, 5) is 2.11. The van der Waals surface area contributed by atoms with Crippen molar-refractivity contribution >= 4 is 21.6 Å². The van der Waals surface area contributed by atoms with E-state index in [2.05, 4.69) is 20.8 Å². The van der Waals surface area contributed by atoms with Crippen molar-refractivity contribution in [3.05, 3.63) is 28.0 Å². The van der Waals surface area contributed by atoms with Crippen LogP contribution in [-0.4, -0.2) is 13.1 Å². The minimum absolute atomic E-state index is 0.112. The van der Waals surface area contributed by atoms with Gasteiger partial charge >= 0.3 is 0 Å². The van der Waals surface area contributed by atoms with Crippen LogP contribution in [-0.2, 0) is 0 Å². The van der Waals surface area contributed by atoms with Crippen molar-refractivity contribution in [1.82, 2.24) is 0 Å². The van der Waals surface area contributed by atoms with Gasteiger partial charge in [0, 0.05) is 17.6 Å². The minimum Gasteiger partial charge on any atom is -0.368 e. The second-order valence-electron chi connectivity index (χ2n) is 3.77. The van der Waals surface area contributed by atoms with Gasteiger partial charge in [-0.25, -0.2) is 4.39 Å². The van der Waals surface area contributed by atoms with Gasteiger partial charge in [-0.1, -0.05) is 0 Å². The van der Waals surface area contributed by atoms with E-state index in [0.29, 0.717) is 0 Å². The summed E-state index contributed by atoms with van der Waals surface area (Å²) >= 11 is 3.43. The van der Waals surface area contributed by atoms with Crippen LogP contribution in [0, 0.1) is 12.7 Å². The SMILES string of the molecule is Cc1cc(F)c(N2CCCC2)c(Br)c1. The molecule has 1 fully saturated rings. The first-order valence-corrected chi connectivity index (χ1v) is 5.68. The van der Waals surface area contributed by atoms with Crippen molar-refractivity contribution in [1.29, 1.82) is 0 Å². The highest BCUT2D eigenvalue weighted by Crippen LogP contribution is 2.32. The standard InChI is InChI=1S/C11H13BrFN/c1-8-6-9(12)11(10(13)7-8)14-4-2-3-5-14/h6-7H,2-5H2,1H3. The second-order valence-corrected chi connectivity index (χ2v) is 4.63. The maximum atomic E-state index is 13.7. The smallest absolute Gasteiger partial charge is 0.147 e. The van der Waals surface area contributed by atoms with Crippen LogP contribution in [0.5, 0.6) is 0 Å². The van der Waals surface area contributed by atoms with E-state index in [4.69, 9.17) is 0 Å². The highest BCUT2D eigenvalue weighted by atomic mass is 79.9. The largest absolute Gasteiger partial charge is 0.368 e. The zero-order chi connectivity index (χ0) is 10.1. The van der Waals surface area contributed by atoms with Crippen molar-refractivity contribution < 1.29 is 4.39 Å². The Bertz CT molecular complexity index is 322. The zero-order valence-electron chi connectivity index (χ0n) is 8.19. The van der Waals surface area contributed by atoms with Crippen LogP contribution >= 0.6 is 15.9 Å². The number of rotatable bonds is 1. The molecule has 1 heterocycles. The second kappa shape index (κ2) is 3.89. The normalized spacial score (nSPS) is 16.4. The molecular formula is C11H13BrFN. The number of hydrogen-bond donors (Lipinski definition) is 0. The van der Waals surface area contributed by atoms with Gasteiger partial charge in [0.15, 0.2) is 0 Å². The summed E-state index contributed by atoms with van der Waals surface area (Å²) in [6, 6.07) is 3.56. The lowest BCUT2D eigenvalue weighted by atomic mass is 10.2. The number of anilines is 1. The quantitative estimate of drug-likeness (QED) is 0.745. The maximum absolute atomic E-state index is 13.7. The summed E-state index contributed by atoms with van der Waals surface area (Å²) in [5.74, 6) is -0.112. The molecule has 1 aromatic carbocycles. The topological polar surface area (TPSA) is 3.24 Å². The molecule has 1 nitrogen and oxygen atoms in total. The number of aryl methyl sites for hydroxylation is 1. The van der Waals surface area contributed by atoms with Crippen LogP contribution in [0.25, 0.3) is 0 Å². The third-order valence-electron chi connectivity index (χ3n) is 2.58. The summed E-state index contributed by atoms with van der Waals surface area (Å²) in [6.45, 7) is 3.85. The molecule has 14 heavy (non-hydrogen) atoms. The van der Waals surface area contributed by atoms with Crippen LogP contribution in [0.4, 0.5) is 10.1 Å². The van der Waals surface area contributed by atoms with Crippen molar-refractivity contribution in [3.63, 3.8) is 0 Å². The van der Waals surface area contributed by atoms with Gasteiger partial charge in [-0.3, -0.25) is 0 Å². The van der Waals surface area contributed by atoms with Crippen LogP contribution in [0.2, 0.25) is 0 Å². The van der Waals surface area contributed by atoms with Crippen LogP contribution < -0.4 is 4.90 Å². The third-order valence-corrected chi connectivity index (χ3v) is 3.19. The lowest BCUT2D eigenvalue weighted by Gasteiger charge is -2.20. The van der Waals surface area contributed by atoms with Gasteiger partial charge in [-0.05, 0) is 53.4 Å². The van der Waals surface area contributed by atoms with Gasteiger partial charge in [0.05, 0.1) is 5.69 Å². The summed E-state index contributed by atoms with van der Waals surface area (Å²) in [5.41, 5.74) is 1.69. The van der Waals surface area contributed by atoms with Gasteiger partial charge in [0.2, 0.25) is 0 Å². The molecule has 0 saturated carbocycles. The molecule has 0 aliphatic carbocycles. The van der Waals surface area contributed by atoms with E-state index in [1.807, 2.05) is 13.0 Å². The van der Waals surface area contributed by atoms with Gasteiger partial charge in [-0.2, -0.15) is 0 Å². The van der Waals surface area contributed by atoms with E-state index in [-0.39, 0.29) is 5.82 Å². The van der Waals surface area contributed by atoms with Gasteiger partial charge in [0.25, 0.3) is 0 Å². The van der Waals surface area contributed by atoms with Gasteiger partial charge in [0.1, 0.15) is 5.82 Å². The Kier molecular flexibility index (Phi) is 2.77. The molecule has 0 unspecified atom stereocenters. The Morgan fingerprint density at radius 1 is 1.29 bits per heavy atom. The first-order chi connectivity index (χ1) is 6.68. The highest BCUT2D eigenvalue weighted by Gasteiger charge is 2.18. The Labute approximate surface area is 92.0 Å². The monoisotopic (exact) mass is 257 g/mol. The molecule has 76 valence electrons. The predicted octanol–water partition coefficient (Wildman–Crippen LogP) is 3.50. The summed E-state index contributed by atoms with van der Waals surface area (Å²) in [5, 5.41) is 0. The molecule has 3 heteroatoms. The van der Waals surface area contributed by atoms with Crippen molar-refractivity contribution in [2.45, 2.75) is 19.8 Å². The zero-order valence-corrected chi connectivity index (χ0v) is 9.77. The molecule has 1 aliphatic rings. The molecule has 1 aromatic rings. The Morgan fingerprint density at radius 3 is 2.50 bits per heavy atom. The predicted molar refractivity (Wildman–Crippen MR) is 60.3 cm³/mol. The first kappa shape index (κ1) is 9.97. The van der Waals surface area contributed by atoms with Gasteiger partial charge in [-0.15, -0.1) is 0 Å². The summed E-state index contributed by atoms with van der Waals surface area (Å²) in [6.07, 6.45) is 2.33. The lowest BCUT2D eigenvalue weighted by molar-refractivity contribution is 0.621. The Hall–Kier alpha value is -0.570. The van der Waals surface area contributed by atoms with E-state index < -0.39 is 0 Å². The van der Waals surface area contributed by atoms with Crippen molar-refractivity contribution in [2.24, 2.45) is 0 Å². The average molecular weight is 258 g/mol. The number of benzene rings is 1. The first-order valence-electron chi connectivity index (χ1n) is 4.89. The van der Waals surface area contributed by atoms with E-state index in [1.165, 1.54) is 12.8 Å². The fourth-order valence-corrected chi connectivity index (χ4v) is 2.74. The Morgan fingerprint density at radius 2 is 1.93 bits per heavy atom. The van der Waals surface area contributed by atoms with Crippen molar-refractivity contribution in [2.75, 3.05) is 18.0 Å². The number of halogens is 2. The molecule has 0 amide bonds. The molecule has 0 N–H and O–H groups in total. The molecule has 0 atom stereocenters. The van der Waals surface area contributed by atoms with E-state index in [0.717, 1.165) is 28.8 Å². The van der Waals surface area contributed by atoms with Crippen LogP contribution in [0.1, 0.15) is 18.4 Å². The highest BCUT2D eigenvalue weighted by molar-refractivity contribution is 9.10. The van der Waals surface area contributed by atoms with E-state index >= 15 is 0 Å². The minimum atomic E-state index is -0.112. The van der Waals surface area contributed by atoms with Crippen LogP contribution in [0.15, 0.2) is 16.6 Å². The number of hydrogen-bond acceptors (Lipinski definition) is 1. The summed E-state index contributed by atoms with van der Waals surface area (Å²) in [7, 11) is 0. The molecule has 1 saturated heterocycles. The molecule has 0 bridgehead atoms. The van der Waals surface area contributed by atoms with Crippen molar-refractivity contribution in [3.8, 4) is 0 Å². The molecule has 2 rings (SSSR count). The molecule has 1 aliphatic heterocycles. The molecule has 0 aromatic heterocycles. The third kappa shape index (κ3) is 1.78. The van der Waals surface area contributed by atoms with Gasteiger partial charge < -0.3 is 4.90 Å². The molecular weight excluding hydrogens is 245 g/mol. The number of nitrogens with zero attached hydrogens (tertiary/aromatic N) is 1. The Balaban J connectivity index is 2.40. The van der Waals surface area contributed by atoms with E-state index in [1.54, 1.807) is 6.07 Å². The molecule has 0 radical (unpaired) electrons. The fraction of sp³-hybridized carbons (Fsp3) is 0.455. The van der Waals surface area contributed by atoms with Crippen LogP contribution in [0.3, 0.4) is 0 Å².